The minimum atomic E-state index is -0.537. The summed E-state index contributed by atoms with van der Waals surface area (Å²) in [5, 5.41) is 17.2. The zero-order chi connectivity index (χ0) is 14.7. The molecule has 2 heterocycles. The molecule has 0 saturated carbocycles. The number of hydrogen-bond acceptors (Lipinski definition) is 5. The Hall–Kier alpha value is -1.73. The number of carbonyl (C=O) groups excluding carboxylic acids is 1. The molecular formula is C13H18N4O2S. The van der Waals surface area contributed by atoms with Gasteiger partial charge in [0.05, 0.1) is 18.5 Å². The van der Waals surface area contributed by atoms with E-state index in [-0.39, 0.29) is 18.4 Å². The molecule has 2 aromatic heterocycles. The maximum absolute atomic E-state index is 11.9. The number of rotatable bonds is 5. The lowest BCUT2D eigenvalue weighted by Crippen LogP contribution is -2.34. The van der Waals surface area contributed by atoms with E-state index in [1.807, 2.05) is 27.1 Å². The van der Waals surface area contributed by atoms with Crippen LogP contribution in [0, 0.1) is 5.92 Å². The molecule has 1 unspecified atom stereocenters. The molecule has 2 aromatic rings. The van der Waals surface area contributed by atoms with Crippen molar-refractivity contribution in [3.05, 3.63) is 23.5 Å². The molecule has 0 saturated heterocycles. The zero-order valence-corrected chi connectivity index (χ0v) is 12.5. The zero-order valence-electron chi connectivity index (χ0n) is 11.7. The minimum Gasteiger partial charge on any atom is -0.391 e. The first-order chi connectivity index (χ1) is 9.47. The number of hydrogen-bond donors (Lipinski definition) is 2. The van der Waals surface area contributed by atoms with Crippen LogP contribution in [-0.2, 0) is 7.05 Å². The first kappa shape index (κ1) is 14.7. The number of nitrogens with zero attached hydrogens (tertiary/aromatic N) is 3. The Balaban J connectivity index is 2.00. The van der Waals surface area contributed by atoms with E-state index >= 15 is 0 Å². The van der Waals surface area contributed by atoms with Gasteiger partial charge >= 0.3 is 0 Å². The lowest BCUT2D eigenvalue weighted by atomic mass is 10.1. The third kappa shape index (κ3) is 3.43. The fourth-order valence-electron chi connectivity index (χ4n) is 1.56. The third-order valence-electron chi connectivity index (χ3n) is 2.92. The van der Waals surface area contributed by atoms with Gasteiger partial charge in [0.1, 0.15) is 9.88 Å². The highest BCUT2D eigenvalue weighted by atomic mass is 32.1. The smallest absolute Gasteiger partial charge is 0.263 e. The Labute approximate surface area is 121 Å². The predicted octanol–water partition coefficient (Wildman–Crippen LogP) is 1.29. The first-order valence-electron chi connectivity index (χ1n) is 6.38. The summed E-state index contributed by atoms with van der Waals surface area (Å²) >= 11 is 1.31. The molecule has 1 amide bonds. The lowest BCUT2D eigenvalue weighted by molar-refractivity contribution is 0.0875. The number of nitrogens with one attached hydrogen (secondary N) is 1. The van der Waals surface area contributed by atoms with Crippen LogP contribution in [0.5, 0.6) is 0 Å². The Morgan fingerprint density at radius 3 is 2.85 bits per heavy atom. The van der Waals surface area contributed by atoms with E-state index in [9.17, 15) is 9.90 Å². The largest absolute Gasteiger partial charge is 0.391 e. The number of aryl methyl sites for hydroxylation is 1. The highest BCUT2D eigenvalue weighted by Crippen LogP contribution is 2.24. The normalized spacial score (nSPS) is 12.7. The molecule has 0 aliphatic carbocycles. The summed E-state index contributed by atoms with van der Waals surface area (Å²) in [6.45, 7) is 4.06. The summed E-state index contributed by atoms with van der Waals surface area (Å²) < 4.78 is 1.69. The van der Waals surface area contributed by atoms with Crippen LogP contribution in [0.4, 0.5) is 0 Å². The minimum absolute atomic E-state index is 0.114. The van der Waals surface area contributed by atoms with Crippen LogP contribution in [0.15, 0.2) is 18.6 Å². The summed E-state index contributed by atoms with van der Waals surface area (Å²) in [5.74, 6) is -0.0972. The Morgan fingerprint density at radius 1 is 1.50 bits per heavy atom. The van der Waals surface area contributed by atoms with Gasteiger partial charge in [0.25, 0.3) is 5.91 Å². The van der Waals surface area contributed by atoms with Crippen LogP contribution in [-0.4, -0.2) is 38.4 Å². The molecule has 1 atom stereocenters. The third-order valence-corrected chi connectivity index (χ3v) is 3.97. The van der Waals surface area contributed by atoms with E-state index in [0.717, 1.165) is 10.6 Å². The molecular weight excluding hydrogens is 276 g/mol. The highest BCUT2D eigenvalue weighted by molar-refractivity contribution is 7.16. The molecule has 0 spiro atoms. The number of aliphatic hydroxyl groups excluding tert-OH is 1. The lowest BCUT2D eigenvalue weighted by Gasteiger charge is -2.14. The average molecular weight is 294 g/mol. The van der Waals surface area contributed by atoms with Gasteiger partial charge in [-0.15, -0.1) is 11.3 Å². The van der Waals surface area contributed by atoms with Crippen molar-refractivity contribution in [3.8, 4) is 10.6 Å². The van der Waals surface area contributed by atoms with Gasteiger partial charge in [0.2, 0.25) is 0 Å². The second-order valence-electron chi connectivity index (χ2n) is 4.95. The molecule has 0 aromatic carbocycles. The molecule has 0 aliphatic heterocycles. The van der Waals surface area contributed by atoms with Crippen molar-refractivity contribution in [2.75, 3.05) is 6.54 Å². The van der Waals surface area contributed by atoms with E-state index in [4.69, 9.17) is 0 Å². The quantitative estimate of drug-likeness (QED) is 0.871. The Bertz CT molecular complexity index is 591. The van der Waals surface area contributed by atoms with Crippen molar-refractivity contribution in [1.82, 2.24) is 20.1 Å². The van der Waals surface area contributed by atoms with Crippen LogP contribution in [0.1, 0.15) is 23.5 Å². The number of carbonyl (C=O) groups is 1. The van der Waals surface area contributed by atoms with Gasteiger partial charge in [-0.3, -0.25) is 9.48 Å². The van der Waals surface area contributed by atoms with E-state index in [0.29, 0.717) is 4.88 Å². The van der Waals surface area contributed by atoms with E-state index in [1.165, 1.54) is 11.3 Å². The molecule has 0 aliphatic rings. The Kier molecular flexibility index (Phi) is 4.51. The number of thiazole rings is 1. The molecule has 0 bridgehead atoms. The second-order valence-corrected chi connectivity index (χ2v) is 5.98. The van der Waals surface area contributed by atoms with Gasteiger partial charge in [-0.25, -0.2) is 4.98 Å². The van der Waals surface area contributed by atoms with Crippen molar-refractivity contribution < 1.29 is 9.90 Å². The maximum Gasteiger partial charge on any atom is 0.263 e. The van der Waals surface area contributed by atoms with E-state index in [2.05, 4.69) is 15.4 Å². The molecule has 0 radical (unpaired) electrons. The summed E-state index contributed by atoms with van der Waals surface area (Å²) in [4.78, 5) is 16.7. The van der Waals surface area contributed by atoms with Gasteiger partial charge in [0.15, 0.2) is 0 Å². The van der Waals surface area contributed by atoms with Gasteiger partial charge in [-0.2, -0.15) is 5.10 Å². The number of amides is 1. The van der Waals surface area contributed by atoms with Crippen molar-refractivity contribution in [2.45, 2.75) is 20.0 Å². The van der Waals surface area contributed by atoms with Crippen LogP contribution < -0.4 is 5.32 Å². The molecule has 7 heteroatoms. The first-order valence-corrected chi connectivity index (χ1v) is 7.20. The molecule has 0 fully saturated rings. The van der Waals surface area contributed by atoms with Crippen molar-refractivity contribution in [2.24, 2.45) is 13.0 Å². The summed E-state index contributed by atoms with van der Waals surface area (Å²) in [6, 6.07) is 0. The average Bonchev–Trinajstić information content (AvgIpc) is 3.03. The molecule has 2 N–H and O–H groups in total. The van der Waals surface area contributed by atoms with Gasteiger partial charge in [-0.05, 0) is 5.92 Å². The highest BCUT2D eigenvalue weighted by Gasteiger charge is 2.15. The van der Waals surface area contributed by atoms with Crippen LogP contribution in [0.2, 0.25) is 0 Å². The van der Waals surface area contributed by atoms with Crippen molar-refractivity contribution in [1.29, 1.82) is 0 Å². The monoisotopic (exact) mass is 294 g/mol. The molecule has 6 nitrogen and oxygen atoms in total. The number of aliphatic hydroxyl groups is 1. The summed E-state index contributed by atoms with van der Waals surface area (Å²) in [5.41, 5.74) is 0.888. The molecule has 20 heavy (non-hydrogen) atoms. The van der Waals surface area contributed by atoms with E-state index in [1.54, 1.807) is 17.1 Å². The SMILES string of the molecule is CC(C)C(O)CNC(=O)c1cnc(-c2cnn(C)c2)s1. The Morgan fingerprint density at radius 2 is 2.25 bits per heavy atom. The fraction of sp³-hybridized carbons (Fsp3) is 0.462. The second kappa shape index (κ2) is 6.15. The molecule has 108 valence electrons. The number of aromatic nitrogens is 3. The maximum atomic E-state index is 11.9. The van der Waals surface area contributed by atoms with Gasteiger partial charge in [0, 0.05) is 25.4 Å². The van der Waals surface area contributed by atoms with E-state index < -0.39 is 6.10 Å². The standard InChI is InChI=1S/C13H18N4O2S/c1-8(2)10(18)5-14-12(19)11-6-15-13(20-11)9-4-16-17(3)7-9/h4,6-8,10,18H,5H2,1-3H3,(H,14,19). The van der Waals surface area contributed by atoms with Crippen LogP contribution >= 0.6 is 11.3 Å². The van der Waals surface area contributed by atoms with Gasteiger partial charge < -0.3 is 10.4 Å². The van der Waals surface area contributed by atoms with Crippen LogP contribution in [0.3, 0.4) is 0 Å². The summed E-state index contributed by atoms with van der Waals surface area (Å²) in [7, 11) is 1.83. The van der Waals surface area contributed by atoms with Crippen LogP contribution in [0.25, 0.3) is 10.6 Å². The van der Waals surface area contributed by atoms with Crippen molar-refractivity contribution in [3.63, 3.8) is 0 Å². The predicted molar refractivity (Wildman–Crippen MR) is 77.5 cm³/mol. The van der Waals surface area contributed by atoms with Crippen molar-refractivity contribution >= 4 is 17.2 Å². The fourth-order valence-corrected chi connectivity index (χ4v) is 2.37. The molecule has 2 rings (SSSR count). The van der Waals surface area contributed by atoms with Gasteiger partial charge in [-0.1, -0.05) is 13.8 Å². The topological polar surface area (TPSA) is 80.0 Å². The summed E-state index contributed by atoms with van der Waals surface area (Å²) in [6.07, 6.45) is 4.57.